The normalized spacial score (nSPS) is 12.8. The summed E-state index contributed by atoms with van der Waals surface area (Å²) in [5, 5.41) is 0. The summed E-state index contributed by atoms with van der Waals surface area (Å²) >= 11 is 0. The van der Waals surface area contributed by atoms with Gasteiger partial charge in [0.05, 0.1) is 0 Å². The molecule has 0 aromatic rings. The summed E-state index contributed by atoms with van der Waals surface area (Å²) in [5.74, 6) is -1.02. The molecule has 0 aromatic carbocycles. The van der Waals surface area contributed by atoms with Crippen LogP contribution in [0.3, 0.4) is 0 Å². The molecule has 0 aliphatic heterocycles. The fraction of sp³-hybridized carbons (Fsp3) is 0.678. The summed E-state index contributed by atoms with van der Waals surface area (Å²) in [6.07, 6.45) is 69.8. The fourth-order valence-corrected chi connectivity index (χ4v) is 7.03. The van der Waals surface area contributed by atoms with Crippen LogP contribution in [-0.4, -0.2) is 37.2 Å². The second kappa shape index (κ2) is 52.9. The maximum atomic E-state index is 12.8. The van der Waals surface area contributed by atoms with Crippen molar-refractivity contribution >= 4 is 17.9 Å². The second-order valence-corrected chi connectivity index (χ2v) is 17.4. The minimum Gasteiger partial charge on any atom is -0.462 e. The van der Waals surface area contributed by atoms with Gasteiger partial charge in [-0.05, 0) is 103 Å². The van der Waals surface area contributed by atoms with Crippen molar-refractivity contribution in [1.82, 2.24) is 0 Å². The van der Waals surface area contributed by atoms with Crippen molar-refractivity contribution in [1.29, 1.82) is 0 Å². The molecule has 0 rings (SSSR count). The summed E-state index contributed by atoms with van der Waals surface area (Å²) in [4.78, 5) is 37.9. The van der Waals surface area contributed by atoms with Gasteiger partial charge in [0.2, 0.25) is 0 Å². The van der Waals surface area contributed by atoms with Gasteiger partial charge in [-0.1, -0.05) is 214 Å². The van der Waals surface area contributed by atoms with Crippen LogP contribution in [0.25, 0.3) is 0 Å². The quantitative estimate of drug-likeness (QED) is 0.0262. The number of esters is 3. The lowest BCUT2D eigenvalue weighted by Crippen LogP contribution is -2.30. The highest BCUT2D eigenvalue weighted by Crippen LogP contribution is 2.13. The van der Waals surface area contributed by atoms with E-state index in [0.29, 0.717) is 19.3 Å². The van der Waals surface area contributed by atoms with E-state index in [0.717, 1.165) is 109 Å². The summed E-state index contributed by atoms with van der Waals surface area (Å²) in [6.45, 7) is 6.39. The Morgan fingerprint density at radius 3 is 1.08 bits per heavy atom. The Labute approximate surface area is 400 Å². The maximum Gasteiger partial charge on any atom is 0.306 e. The first-order valence-electron chi connectivity index (χ1n) is 26.7. The van der Waals surface area contributed by atoms with Crippen LogP contribution in [0.1, 0.15) is 239 Å². The monoisotopic (exact) mass is 903 g/mol. The Morgan fingerprint density at radius 2 is 0.646 bits per heavy atom. The summed E-state index contributed by atoms with van der Waals surface area (Å²) in [5.41, 5.74) is 0. The van der Waals surface area contributed by atoms with Gasteiger partial charge in [0.1, 0.15) is 13.2 Å². The van der Waals surface area contributed by atoms with Crippen LogP contribution in [0.4, 0.5) is 0 Å². The van der Waals surface area contributed by atoms with Gasteiger partial charge < -0.3 is 14.2 Å². The van der Waals surface area contributed by atoms with Gasteiger partial charge in [0, 0.05) is 19.3 Å². The molecule has 1 atom stereocenters. The predicted molar refractivity (Wildman–Crippen MR) is 279 cm³/mol. The van der Waals surface area contributed by atoms with Gasteiger partial charge in [-0.2, -0.15) is 0 Å². The van der Waals surface area contributed by atoms with Gasteiger partial charge in [0.15, 0.2) is 6.10 Å². The van der Waals surface area contributed by atoms with E-state index in [4.69, 9.17) is 14.2 Å². The number of carbonyl (C=O) groups excluding carboxylic acids is 3. The summed E-state index contributed by atoms with van der Waals surface area (Å²) in [6, 6.07) is 0. The van der Waals surface area contributed by atoms with Crippen molar-refractivity contribution in [2.24, 2.45) is 0 Å². The van der Waals surface area contributed by atoms with Gasteiger partial charge in [-0.3, -0.25) is 14.4 Å². The minimum atomic E-state index is -0.817. The Kier molecular flexibility index (Phi) is 50.0. The molecule has 0 amide bonds. The highest BCUT2D eigenvalue weighted by molar-refractivity contribution is 5.71. The first kappa shape index (κ1) is 61.3. The molecule has 0 aromatic heterocycles. The average Bonchev–Trinajstić information content (AvgIpc) is 3.30. The molecule has 0 aliphatic rings. The van der Waals surface area contributed by atoms with Gasteiger partial charge in [-0.25, -0.2) is 0 Å². The first-order chi connectivity index (χ1) is 32.0. The van der Waals surface area contributed by atoms with Crippen LogP contribution >= 0.6 is 0 Å². The van der Waals surface area contributed by atoms with Crippen molar-refractivity contribution in [2.45, 2.75) is 245 Å². The molecule has 0 N–H and O–H groups in total. The lowest BCUT2D eigenvalue weighted by atomic mass is 10.1. The third-order valence-corrected chi connectivity index (χ3v) is 11.1. The summed E-state index contributed by atoms with van der Waals surface area (Å²) in [7, 11) is 0. The molecule has 0 spiro atoms. The highest BCUT2D eigenvalue weighted by atomic mass is 16.6. The molecule has 6 nitrogen and oxygen atoms in total. The van der Waals surface area contributed by atoms with E-state index in [9.17, 15) is 14.4 Å². The van der Waals surface area contributed by atoms with Crippen LogP contribution in [0, 0.1) is 0 Å². The van der Waals surface area contributed by atoms with Crippen molar-refractivity contribution in [2.75, 3.05) is 13.2 Å². The average molecular weight is 903 g/mol. The molecule has 0 saturated heterocycles. The number of hydrogen-bond donors (Lipinski definition) is 0. The Balaban J connectivity index is 4.48. The van der Waals surface area contributed by atoms with Crippen LogP contribution in [0.2, 0.25) is 0 Å². The topological polar surface area (TPSA) is 78.9 Å². The largest absolute Gasteiger partial charge is 0.462 e. The van der Waals surface area contributed by atoms with Gasteiger partial charge >= 0.3 is 17.9 Å². The Bertz CT molecular complexity index is 1310. The van der Waals surface area contributed by atoms with Gasteiger partial charge in [0.25, 0.3) is 0 Å². The van der Waals surface area contributed by atoms with E-state index in [2.05, 4.69) is 112 Å². The Morgan fingerprint density at radius 1 is 0.323 bits per heavy atom. The Hall–Kier alpha value is -3.67. The smallest absolute Gasteiger partial charge is 0.306 e. The molecular weight excluding hydrogens is 805 g/mol. The maximum absolute atomic E-state index is 12.8. The molecule has 0 fully saturated rings. The van der Waals surface area contributed by atoms with Crippen LogP contribution in [0.5, 0.6) is 0 Å². The molecule has 6 heteroatoms. The molecule has 0 bridgehead atoms. The highest BCUT2D eigenvalue weighted by Gasteiger charge is 2.19. The fourth-order valence-electron chi connectivity index (χ4n) is 7.03. The van der Waals surface area contributed by atoms with Crippen LogP contribution in [-0.2, 0) is 28.6 Å². The van der Waals surface area contributed by atoms with Crippen LogP contribution in [0.15, 0.2) is 97.2 Å². The number of allylic oxidation sites excluding steroid dienone is 16. The molecule has 370 valence electrons. The van der Waals surface area contributed by atoms with E-state index in [1.807, 2.05) is 6.08 Å². The molecule has 0 radical (unpaired) electrons. The van der Waals surface area contributed by atoms with Crippen molar-refractivity contribution in [3.05, 3.63) is 97.2 Å². The van der Waals surface area contributed by atoms with E-state index in [1.54, 1.807) is 0 Å². The molecule has 0 heterocycles. The zero-order chi connectivity index (χ0) is 47.2. The lowest BCUT2D eigenvalue weighted by Gasteiger charge is -2.18. The van der Waals surface area contributed by atoms with E-state index >= 15 is 0 Å². The number of rotatable bonds is 47. The SMILES string of the molecule is CC/C=C\C/C=C\C/C=C\C/C=C\C/C=C\C/C=C\CCC(=O)OCC(COC(=O)CCCCCC/C=C\CCCC)OC(=O)CCCCCCC/C=C\CCCCCCCCCCC. The van der Waals surface area contributed by atoms with E-state index < -0.39 is 6.10 Å². The third-order valence-electron chi connectivity index (χ3n) is 11.1. The molecule has 1 unspecified atom stereocenters. The zero-order valence-electron chi connectivity index (χ0n) is 42.2. The second-order valence-electron chi connectivity index (χ2n) is 17.4. The van der Waals surface area contributed by atoms with E-state index in [1.165, 1.54) is 83.5 Å². The number of carbonyl (C=O) groups is 3. The number of ether oxygens (including phenoxy) is 3. The van der Waals surface area contributed by atoms with Crippen LogP contribution < -0.4 is 0 Å². The summed E-state index contributed by atoms with van der Waals surface area (Å²) < 4.78 is 16.7. The molecule has 65 heavy (non-hydrogen) atoms. The van der Waals surface area contributed by atoms with Crippen molar-refractivity contribution in [3.63, 3.8) is 0 Å². The lowest BCUT2D eigenvalue weighted by molar-refractivity contribution is -0.166. The van der Waals surface area contributed by atoms with E-state index in [-0.39, 0.29) is 37.5 Å². The molecular formula is C59H98O6. The zero-order valence-corrected chi connectivity index (χ0v) is 42.2. The predicted octanol–water partition coefficient (Wildman–Crippen LogP) is 17.8. The standard InChI is InChI=1S/C59H98O6/c1-4-7-10-13-16-19-22-24-26-28-30-32-33-35-37-40-43-46-49-52-58(61)64-55-56(54-63-57(60)51-48-45-42-39-21-18-15-12-9-6-3)65-59(62)53-50-47-44-41-38-36-34-31-29-27-25-23-20-17-14-11-8-5-2/h7,10,15-16,18-19,24,26,30-32,34-35,37,43,46,56H,4-6,8-9,11-14,17,20-23,25,27-29,33,36,38-42,44-45,47-55H2,1-3H3/b10-7-,18-15-,19-16-,26-24-,32-30-,34-31-,37-35-,46-43-. The molecule has 0 saturated carbocycles. The number of hydrogen-bond acceptors (Lipinski definition) is 6. The van der Waals surface area contributed by atoms with Crippen molar-refractivity contribution in [3.8, 4) is 0 Å². The van der Waals surface area contributed by atoms with Crippen molar-refractivity contribution < 1.29 is 28.6 Å². The third kappa shape index (κ3) is 51.2. The first-order valence-corrected chi connectivity index (χ1v) is 26.7. The minimum absolute atomic E-state index is 0.111. The van der Waals surface area contributed by atoms with Gasteiger partial charge in [-0.15, -0.1) is 0 Å². The number of unbranched alkanes of at least 4 members (excludes halogenated alkanes) is 20. The molecule has 0 aliphatic carbocycles.